The molecule has 0 spiro atoms. The van der Waals surface area contributed by atoms with Crippen LogP contribution in [0, 0.1) is 0 Å². The van der Waals surface area contributed by atoms with E-state index >= 15 is 0 Å². The van der Waals surface area contributed by atoms with Gasteiger partial charge in [0.25, 0.3) is 5.19 Å². The fourth-order valence-electron chi connectivity index (χ4n) is 2.17. The number of aryl methyl sites for hydroxylation is 1. The maximum Gasteiger partial charge on any atom is 0.368 e. The predicted molar refractivity (Wildman–Crippen MR) is 77.1 cm³/mol. The van der Waals surface area contributed by atoms with E-state index in [0.29, 0.717) is 16.9 Å². The summed E-state index contributed by atoms with van der Waals surface area (Å²) in [7, 11) is 1.54. The van der Waals surface area contributed by atoms with Crippen LogP contribution in [0.3, 0.4) is 0 Å². The molecule has 3 heterocycles. The van der Waals surface area contributed by atoms with Gasteiger partial charge in [-0.1, -0.05) is 11.3 Å². The summed E-state index contributed by atoms with van der Waals surface area (Å²) in [5.41, 5.74) is 0.957. The Morgan fingerprint density at radius 3 is 3.00 bits per heavy atom. The van der Waals surface area contributed by atoms with Crippen LogP contribution in [0.25, 0.3) is 5.69 Å². The second kappa shape index (κ2) is 5.05. The van der Waals surface area contributed by atoms with E-state index in [1.54, 1.807) is 18.6 Å². The van der Waals surface area contributed by atoms with Gasteiger partial charge in [-0.15, -0.1) is 0 Å². The van der Waals surface area contributed by atoms with Gasteiger partial charge in [0, 0.05) is 18.6 Å². The van der Waals surface area contributed by atoms with Gasteiger partial charge in [-0.05, 0) is 23.3 Å². The normalized spacial score (nSPS) is 15.0. The van der Waals surface area contributed by atoms with Crippen LogP contribution in [0.5, 0.6) is 5.19 Å². The average Bonchev–Trinajstić information content (AvgIpc) is 3.03. The highest BCUT2D eigenvalue weighted by Gasteiger charge is 2.29. The van der Waals surface area contributed by atoms with E-state index in [2.05, 4.69) is 20.5 Å². The third kappa shape index (κ3) is 2.21. The molecule has 9 nitrogen and oxygen atoms in total. The Balaban J connectivity index is 1.69. The highest BCUT2D eigenvalue weighted by molar-refractivity contribution is 7.11. The lowest BCUT2D eigenvalue weighted by atomic mass is 10.3. The van der Waals surface area contributed by atoms with Crippen molar-refractivity contribution in [2.24, 2.45) is 7.05 Å². The smallest absolute Gasteiger partial charge is 0.368 e. The van der Waals surface area contributed by atoms with Crippen LogP contribution in [0.2, 0.25) is 0 Å². The Bertz CT molecular complexity index is 907. The first kappa shape index (κ1) is 12.1. The first-order chi connectivity index (χ1) is 11.1. The minimum atomic E-state index is -0.343. The van der Waals surface area contributed by atoms with Gasteiger partial charge in [0.05, 0.1) is 13.6 Å². The van der Waals surface area contributed by atoms with Crippen molar-refractivity contribution in [3.8, 4) is 10.9 Å². The molecule has 114 valence electrons. The van der Waals surface area contributed by atoms with E-state index in [1.807, 2.05) is 4.68 Å². The number of thiazole rings is 1. The molecule has 0 unspecified atom stereocenters. The van der Waals surface area contributed by atoms with E-state index in [4.69, 9.17) is 6.11 Å². The van der Waals surface area contributed by atoms with Gasteiger partial charge in [0.2, 0.25) is 0 Å². The zero-order valence-corrected chi connectivity index (χ0v) is 12.5. The van der Waals surface area contributed by atoms with Gasteiger partial charge in [-0.25, -0.2) is 9.78 Å². The van der Waals surface area contributed by atoms with E-state index in [-0.39, 0.29) is 18.5 Å². The predicted octanol–water partition coefficient (Wildman–Crippen LogP) is 0.533. The summed E-state index contributed by atoms with van der Waals surface area (Å²) in [5.74, 6) is 0. The third-order valence-corrected chi connectivity index (χ3v) is 4.05. The number of rotatable bonds is 5. The zero-order chi connectivity index (χ0) is 16.0. The van der Waals surface area contributed by atoms with Crippen molar-refractivity contribution >= 4 is 11.3 Å². The monoisotopic (exact) mass is 321 g/mol. The third-order valence-electron chi connectivity index (χ3n) is 3.42. The lowest BCUT2D eigenvalue weighted by Gasteiger charge is -2.08. The van der Waals surface area contributed by atoms with E-state index in [0.717, 1.165) is 23.2 Å². The van der Waals surface area contributed by atoms with Crippen molar-refractivity contribution in [1.29, 1.82) is 0 Å². The molecule has 0 atom stereocenters. The molecular formula is C12H13N7O2S. The summed E-state index contributed by atoms with van der Waals surface area (Å²) in [6.45, 7) is 0.196. The molecule has 0 amide bonds. The molecule has 22 heavy (non-hydrogen) atoms. The van der Waals surface area contributed by atoms with E-state index in [9.17, 15) is 4.79 Å². The molecule has 10 heteroatoms. The molecule has 0 aliphatic heterocycles. The maximum atomic E-state index is 12.1. The SMILES string of the molecule is [3H]c1csc(OCc2c(-n3nnn(C)c3=O)cnn2C2CC2)n1. The van der Waals surface area contributed by atoms with E-state index in [1.165, 1.54) is 16.0 Å². The van der Waals surface area contributed by atoms with Gasteiger partial charge in [-0.2, -0.15) is 14.5 Å². The second-order valence-electron chi connectivity index (χ2n) is 4.98. The Labute approximate surface area is 130 Å². The fourth-order valence-corrected chi connectivity index (χ4v) is 2.61. The molecule has 4 rings (SSSR count). The van der Waals surface area contributed by atoms with Crippen molar-refractivity contribution in [2.45, 2.75) is 25.5 Å². The largest absolute Gasteiger partial charge is 0.463 e. The molecule has 1 fully saturated rings. The summed E-state index contributed by atoms with van der Waals surface area (Å²) < 4.78 is 17.3. The molecule has 3 aromatic heterocycles. The molecule has 0 saturated heterocycles. The molecule has 1 saturated carbocycles. The van der Waals surface area contributed by atoms with Crippen molar-refractivity contribution in [3.63, 3.8) is 0 Å². The first-order valence-corrected chi connectivity index (χ1v) is 7.62. The highest BCUT2D eigenvalue weighted by Crippen LogP contribution is 2.36. The van der Waals surface area contributed by atoms with Crippen molar-refractivity contribution in [1.82, 2.24) is 34.6 Å². The highest BCUT2D eigenvalue weighted by atomic mass is 32.1. The molecular weight excluding hydrogens is 306 g/mol. The van der Waals surface area contributed by atoms with Crippen molar-refractivity contribution < 1.29 is 6.11 Å². The van der Waals surface area contributed by atoms with Crippen LogP contribution < -0.4 is 10.4 Å². The topological polar surface area (TPSA) is 92.6 Å². The Hall–Kier alpha value is -2.49. The molecule has 0 N–H and O–H groups in total. The summed E-state index contributed by atoms with van der Waals surface area (Å²) in [6, 6.07) is 0.331. The standard InChI is InChI=1S/C12H13N7O2S/c1-17-12(20)19(16-15-17)9-6-14-18(8-2-3-8)10(9)7-21-11-13-4-5-22-11/h4-6,8H,2-3,7H2,1H3/i4T. The summed E-state index contributed by atoms with van der Waals surface area (Å²) >= 11 is 1.26. The molecule has 0 bridgehead atoms. The molecule has 1 aliphatic rings. The Morgan fingerprint density at radius 2 is 2.36 bits per heavy atom. The minimum absolute atomic E-state index is 0.172. The number of nitrogens with zero attached hydrogens (tertiary/aromatic N) is 7. The zero-order valence-electron chi connectivity index (χ0n) is 12.7. The lowest BCUT2D eigenvalue weighted by Crippen LogP contribution is -2.23. The summed E-state index contributed by atoms with van der Waals surface area (Å²) in [5, 5.41) is 14.0. The molecule has 0 aromatic carbocycles. The summed E-state index contributed by atoms with van der Waals surface area (Å²) in [4.78, 5) is 16.0. The maximum absolute atomic E-state index is 12.1. The molecule has 0 radical (unpaired) electrons. The van der Waals surface area contributed by atoms with E-state index < -0.39 is 0 Å². The minimum Gasteiger partial charge on any atom is -0.463 e. The van der Waals surface area contributed by atoms with Crippen LogP contribution in [0.4, 0.5) is 0 Å². The van der Waals surface area contributed by atoms with Gasteiger partial charge < -0.3 is 4.74 Å². The van der Waals surface area contributed by atoms with Crippen molar-refractivity contribution in [3.05, 3.63) is 33.9 Å². The quantitative estimate of drug-likeness (QED) is 0.681. The summed E-state index contributed by atoms with van der Waals surface area (Å²) in [6.07, 6.45) is 3.88. The van der Waals surface area contributed by atoms with Crippen LogP contribution in [-0.2, 0) is 13.7 Å². The van der Waals surface area contributed by atoms with Gasteiger partial charge in [0.1, 0.15) is 18.0 Å². The number of aromatic nitrogens is 7. The number of ether oxygens (including phenoxy) is 1. The first-order valence-electron chi connectivity index (χ1n) is 7.24. The average molecular weight is 321 g/mol. The Kier molecular flexibility index (Phi) is 2.78. The van der Waals surface area contributed by atoms with Crippen LogP contribution in [0.15, 0.2) is 22.5 Å². The molecule has 3 aromatic rings. The molecule has 1 aliphatic carbocycles. The van der Waals surface area contributed by atoms with Gasteiger partial charge in [-0.3, -0.25) is 4.68 Å². The van der Waals surface area contributed by atoms with Gasteiger partial charge >= 0.3 is 5.69 Å². The van der Waals surface area contributed by atoms with Crippen LogP contribution in [-0.4, -0.2) is 34.6 Å². The number of hydrogen-bond acceptors (Lipinski definition) is 7. The fraction of sp³-hybridized carbons (Fsp3) is 0.417. The van der Waals surface area contributed by atoms with Crippen molar-refractivity contribution in [2.75, 3.05) is 0 Å². The number of tetrazole rings is 1. The van der Waals surface area contributed by atoms with Crippen LogP contribution in [0.1, 0.15) is 25.9 Å². The van der Waals surface area contributed by atoms with Gasteiger partial charge in [0.15, 0.2) is 0 Å². The van der Waals surface area contributed by atoms with Crippen LogP contribution >= 0.6 is 11.3 Å². The number of hydrogen-bond donors (Lipinski definition) is 0. The lowest BCUT2D eigenvalue weighted by molar-refractivity contribution is 0.289. The second-order valence-corrected chi connectivity index (χ2v) is 5.80. The Morgan fingerprint density at radius 1 is 1.50 bits per heavy atom.